The first kappa shape index (κ1) is 35.5. The Morgan fingerprint density at radius 1 is 0.820 bits per heavy atom. The molecule has 253 valence electrons. The number of nitrogens with zero attached hydrogens (tertiary/aromatic N) is 4. The maximum absolute atomic E-state index is 14.3. The van der Waals surface area contributed by atoms with Gasteiger partial charge >= 0.3 is 0 Å². The van der Waals surface area contributed by atoms with Crippen molar-refractivity contribution in [3.05, 3.63) is 139 Å². The van der Waals surface area contributed by atoms with Crippen LogP contribution in [-0.4, -0.2) is 27.6 Å². The minimum Gasteiger partial charge on any atom is -0.333 e. The van der Waals surface area contributed by atoms with Crippen LogP contribution >= 0.6 is 11.3 Å². The predicted octanol–water partition coefficient (Wildman–Crippen LogP) is 10.7. The van der Waals surface area contributed by atoms with Crippen LogP contribution < -0.4 is 5.19 Å². The van der Waals surface area contributed by atoms with Gasteiger partial charge < -0.3 is 9.55 Å². The summed E-state index contributed by atoms with van der Waals surface area (Å²) in [5.74, 6) is 1.02. The minimum atomic E-state index is -1.34. The summed E-state index contributed by atoms with van der Waals surface area (Å²) in [6.07, 6.45) is 4.75. The van der Waals surface area contributed by atoms with Crippen LogP contribution in [0.2, 0.25) is 19.6 Å². The van der Waals surface area contributed by atoms with Gasteiger partial charge in [0, 0.05) is 38.2 Å². The summed E-state index contributed by atoms with van der Waals surface area (Å²) < 4.78 is 18.0. The summed E-state index contributed by atoms with van der Waals surface area (Å²) >= 11 is 1.40. The van der Waals surface area contributed by atoms with E-state index in [4.69, 9.17) is 4.98 Å². The van der Waals surface area contributed by atoms with Gasteiger partial charge in [0.05, 0.1) is 29.6 Å². The van der Waals surface area contributed by atoms with Crippen molar-refractivity contribution in [3.63, 3.8) is 0 Å². The molecule has 0 unspecified atom stereocenters. The van der Waals surface area contributed by atoms with Crippen molar-refractivity contribution in [1.29, 1.82) is 0 Å². The van der Waals surface area contributed by atoms with E-state index >= 15 is 0 Å². The van der Waals surface area contributed by atoms with Crippen LogP contribution in [0.1, 0.15) is 19.4 Å². The Bertz CT molecular complexity index is 2400. The normalized spacial score (nSPS) is 11.5. The molecular formula is C42H37FIrN4SSi-2. The smallest absolute Gasteiger partial charge is 0.229 e. The third-order valence-corrected chi connectivity index (χ3v) is 11.8. The van der Waals surface area contributed by atoms with Gasteiger partial charge in [0.2, 0.25) is 5.95 Å². The number of halogens is 1. The molecule has 0 aliphatic rings. The average molecular weight is 869 g/mol. The Morgan fingerprint density at radius 3 is 2.30 bits per heavy atom. The largest absolute Gasteiger partial charge is 0.333 e. The van der Waals surface area contributed by atoms with Crippen molar-refractivity contribution in [3.8, 4) is 28.3 Å². The molecule has 0 atom stereocenters. The number of pyridine rings is 2. The molecule has 0 fully saturated rings. The molecule has 4 nitrogen and oxygen atoms in total. The molecule has 1 radical (unpaired) electrons. The van der Waals surface area contributed by atoms with E-state index in [1.54, 1.807) is 0 Å². The maximum Gasteiger partial charge on any atom is 0.229 e. The molecule has 0 bridgehead atoms. The second kappa shape index (κ2) is 14.9. The van der Waals surface area contributed by atoms with Crippen molar-refractivity contribution in [2.24, 2.45) is 5.92 Å². The summed E-state index contributed by atoms with van der Waals surface area (Å²) in [5, 5.41) is 3.35. The molecule has 8 aromatic rings. The number of hydrogen-bond donors (Lipinski definition) is 0. The SMILES string of the molecule is CC(C)Cc1cc(-c2[c-]cccc2)ncc1[Si](C)(C)C.Fc1nccc2c1sc1c(-c3nc4ccccc4n3-c3ccccc3)[c-]ccc12.[Ir]. The van der Waals surface area contributed by atoms with Crippen LogP contribution in [-0.2, 0) is 26.5 Å². The van der Waals surface area contributed by atoms with E-state index in [-0.39, 0.29) is 20.1 Å². The molecule has 0 spiro atoms. The molecule has 0 aliphatic heterocycles. The number of thiophene rings is 1. The van der Waals surface area contributed by atoms with E-state index in [0.29, 0.717) is 10.6 Å². The van der Waals surface area contributed by atoms with E-state index < -0.39 is 14.0 Å². The first-order chi connectivity index (χ1) is 23.7. The van der Waals surface area contributed by atoms with Crippen molar-refractivity contribution in [2.75, 3.05) is 0 Å². The molecule has 4 heterocycles. The van der Waals surface area contributed by atoms with E-state index in [9.17, 15) is 4.39 Å². The zero-order chi connectivity index (χ0) is 34.1. The van der Waals surface area contributed by atoms with Gasteiger partial charge in [-0.1, -0.05) is 86.4 Å². The quantitative estimate of drug-likeness (QED) is 0.0950. The number of benzene rings is 4. The molecule has 4 aromatic heterocycles. The number of fused-ring (bicyclic) bond motifs is 4. The Morgan fingerprint density at radius 2 is 1.56 bits per heavy atom. The van der Waals surface area contributed by atoms with Gasteiger partial charge in [-0.25, -0.2) is 4.98 Å². The Balaban J connectivity index is 0.000000182. The Hall–Kier alpha value is -4.33. The van der Waals surface area contributed by atoms with Crippen molar-refractivity contribution in [2.45, 2.75) is 39.9 Å². The second-order valence-corrected chi connectivity index (χ2v) is 19.7. The van der Waals surface area contributed by atoms with Crippen LogP contribution in [0.25, 0.3) is 59.5 Å². The van der Waals surface area contributed by atoms with E-state index in [2.05, 4.69) is 96.7 Å². The van der Waals surface area contributed by atoms with Crippen molar-refractivity contribution < 1.29 is 24.5 Å². The van der Waals surface area contributed by atoms with Crippen LogP contribution in [0.15, 0.2) is 116 Å². The van der Waals surface area contributed by atoms with Crippen molar-refractivity contribution >= 4 is 55.8 Å². The van der Waals surface area contributed by atoms with Gasteiger partial charge in [0.1, 0.15) is 0 Å². The Kier molecular flexibility index (Phi) is 10.6. The van der Waals surface area contributed by atoms with Gasteiger partial charge in [-0.3, -0.25) is 4.98 Å². The molecule has 4 aromatic carbocycles. The number of rotatable bonds is 6. The average Bonchev–Trinajstić information content (AvgIpc) is 3.68. The summed E-state index contributed by atoms with van der Waals surface area (Å²) in [7, 11) is -1.34. The molecule has 0 saturated heterocycles. The fraction of sp³-hybridized carbons (Fsp3) is 0.167. The van der Waals surface area contributed by atoms with E-state index in [1.807, 2.05) is 72.8 Å². The molecular weight excluding hydrogens is 832 g/mol. The van der Waals surface area contributed by atoms with Crippen LogP contribution in [0, 0.1) is 24.0 Å². The van der Waals surface area contributed by atoms with E-state index in [1.165, 1.54) is 28.3 Å². The predicted molar refractivity (Wildman–Crippen MR) is 206 cm³/mol. The zero-order valence-electron chi connectivity index (χ0n) is 28.7. The van der Waals surface area contributed by atoms with Crippen LogP contribution in [0.5, 0.6) is 0 Å². The second-order valence-electron chi connectivity index (χ2n) is 13.6. The number of aromatic nitrogens is 4. The minimum absolute atomic E-state index is 0. The van der Waals surface area contributed by atoms with Gasteiger partial charge in [0.25, 0.3) is 0 Å². The molecule has 8 rings (SSSR count). The van der Waals surface area contributed by atoms with Gasteiger partial charge in [-0.2, -0.15) is 15.7 Å². The Labute approximate surface area is 311 Å². The first-order valence-electron chi connectivity index (χ1n) is 16.6. The molecule has 50 heavy (non-hydrogen) atoms. The van der Waals surface area contributed by atoms with Gasteiger partial charge in [-0.15, -0.1) is 54.1 Å². The standard InChI is InChI=1S/C24H13FN3S.C18H24NSi.Ir/c25-23-22-17(13-14-26-23)16-9-6-10-18(21(16)29-22)24-27-19-11-4-5-12-20(19)28(24)15-7-2-1-3-8-15;1-14(2)11-16-12-17(15-9-7-6-8-10-15)19-13-18(16)20(3,4)5;/h1-9,11-14H;6-9,12-14H,11H2,1-5H3;/q2*-1;. The topological polar surface area (TPSA) is 43.6 Å². The molecule has 0 N–H and O–H groups in total. The number of hydrogen-bond acceptors (Lipinski definition) is 4. The molecule has 0 aliphatic carbocycles. The fourth-order valence-electron chi connectivity index (χ4n) is 6.32. The molecule has 0 amide bonds. The summed E-state index contributed by atoms with van der Waals surface area (Å²) in [5.41, 5.74) is 7.42. The zero-order valence-corrected chi connectivity index (χ0v) is 32.9. The molecule has 0 saturated carbocycles. The summed E-state index contributed by atoms with van der Waals surface area (Å²) in [4.78, 5) is 13.4. The van der Waals surface area contributed by atoms with Crippen molar-refractivity contribution in [1.82, 2.24) is 19.5 Å². The van der Waals surface area contributed by atoms with Crippen LogP contribution in [0.4, 0.5) is 4.39 Å². The van der Waals surface area contributed by atoms with Gasteiger partial charge in [-0.05, 0) is 63.6 Å². The number of imidazole rings is 1. The fourth-order valence-corrected chi connectivity index (χ4v) is 9.07. The van der Waals surface area contributed by atoms with Gasteiger partial charge in [0.15, 0.2) is 0 Å². The summed E-state index contributed by atoms with van der Waals surface area (Å²) in [6.45, 7) is 11.7. The monoisotopic (exact) mass is 869 g/mol. The maximum atomic E-state index is 14.3. The number of para-hydroxylation sites is 3. The van der Waals surface area contributed by atoms with Crippen LogP contribution in [0.3, 0.4) is 0 Å². The molecule has 8 heteroatoms. The third kappa shape index (κ3) is 7.12. The first-order valence-corrected chi connectivity index (χ1v) is 20.9. The summed E-state index contributed by atoms with van der Waals surface area (Å²) in [6, 6.07) is 40.9. The van der Waals surface area contributed by atoms with E-state index in [0.717, 1.165) is 61.3 Å². The third-order valence-electron chi connectivity index (χ3n) is 8.51.